The van der Waals surface area contributed by atoms with E-state index in [1.54, 1.807) is 7.05 Å². The van der Waals surface area contributed by atoms with Crippen LogP contribution in [-0.4, -0.2) is 19.6 Å². The summed E-state index contributed by atoms with van der Waals surface area (Å²) in [5.41, 5.74) is 3.23. The molecule has 3 heteroatoms. The third kappa shape index (κ3) is 3.07. The van der Waals surface area contributed by atoms with Crippen molar-refractivity contribution in [1.29, 1.82) is 0 Å². The van der Waals surface area contributed by atoms with E-state index in [1.165, 1.54) is 11.1 Å². The lowest BCUT2D eigenvalue weighted by molar-refractivity contribution is 0.0963. The van der Waals surface area contributed by atoms with Crippen molar-refractivity contribution in [2.24, 2.45) is 5.92 Å². The van der Waals surface area contributed by atoms with Crippen LogP contribution in [0.4, 0.5) is 0 Å². The van der Waals surface area contributed by atoms with Crippen LogP contribution in [0.3, 0.4) is 0 Å². The highest BCUT2D eigenvalue weighted by molar-refractivity contribution is 5.93. The summed E-state index contributed by atoms with van der Waals surface area (Å²) in [4.78, 5) is 11.5. The second-order valence-corrected chi connectivity index (χ2v) is 5.47. The van der Waals surface area contributed by atoms with Crippen molar-refractivity contribution in [3.05, 3.63) is 65.2 Å². The fraction of sp³-hybridized carbons (Fsp3) is 0.278. The number of rotatable bonds is 3. The fourth-order valence-electron chi connectivity index (χ4n) is 2.79. The van der Waals surface area contributed by atoms with E-state index < -0.39 is 0 Å². The van der Waals surface area contributed by atoms with E-state index in [-0.39, 0.29) is 5.91 Å². The van der Waals surface area contributed by atoms with Crippen LogP contribution >= 0.6 is 0 Å². The van der Waals surface area contributed by atoms with E-state index in [1.807, 2.05) is 36.4 Å². The zero-order chi connectivity index (χ0) is 14.7. The summed E-state index contributed by atoms with van der Waals surface area (Å²) in [6.45, 7) is 0.758. The molecule has 0 unspecified atom stereocenters. The largest absolute Gasteiger partial charge is 0.493 e. The summed E-state index contributed by atoms with van der Waals surface area (Å²) >= 11 is 0. The Morgan fingerprint density at radius 3 is 2.71 bits per heavy atom. The second-order valence-electron chi connectivity index (χ2n) is 5.47. The van der Waals surface area contributed by atoms with Gasteiger partial charge in [-0.3, -0.25) is 4.79 Å². The first kappa shape index (κ1) is 13.7. The normalized spacial score (nSPS) is 16.7. The Balaban J connectivity index is 1.66. The van der Waals surface area contributed by atoms with Gasteiger partial charge in [0, 0.05) is 18.5 Å². The van der Waals surface area contributed by atoms with Gasteiger partial charge in [0.05, 0.1) is 6.61 Å². The van der Waals surface area contributed by atoms with Crippen LogP contribution < -0.4 is 10.1 Å². The van der Waals surface area contributed by atoms with E-state index in [0.717, 1.165) is 25.2 Å². The molecule has 3 nitrogen and oxygen atoms in total. The quantitative estimate of drug-likeness (QED) is 0.939. The average molecular weight is 281 g/mol. The molecular formula is C18H19NO2. The maximum atomic E-state index is 11.5. The zero-order valence-corrected chi connectivity index (χ0v) is 12.1. The molecular weight excluding hydrogens is 262 g/mol. The number of nitrogens with one attached hydrogen (secondary N) is 1. The molecule has 2 aromatic carbocycles. The highest BCUT2D eigenvalue weighted by Gasteiger charge is 2.19. The fourth-order valence-corrected chi connectivity index (χ4v) is 2.79. The van der Waals surface area contributed by atoms with Gasteiger partial charge in [0.2, 0.25) is 0 Å². The second kappa shape index (κ2) is 6.00. The minimum atomic E-state index is -0.0449. The Kier molecular flexibility index (Phi) is 3.91. The predicted molar refractivity (Wildman–Crippen MR) is 82.7 cm³/mol. The van der Waals surface area contributed by atoms with E-state index in [0.29, 0.717) is 11.5 Å². The van der Waals surface area contributed by atoms with Crippen LogP contribution in [0.25, 0.3) is 0 Å². The Labute approximate surface area is 124 Å². The third-order valence-electron chi connectivity index (χ3n) is 3.92. The van der Waals surface area contributed by atoms with Crippen molar-refractivity contribution in [1.82, 2.24) is 5.32 Å². The monoisotopic (exact) mass is 281 g/mol. The van der Waals surface area contributed by atoms with Crippen molar-refractivity contribution < 1.29 is 9.53 Å². The molecule has 21 heavy (non-hydrogen) atoms. The topological polar surface area (TPSA) is 38.3 Å². The molecule has 0 fully saturated rings. The maximum Gasteiger partial charge on any atom is 0.251 e. The van der Waals surface area contributed by atoms with Crippen LogP contribution in [0, 0.1) is 5.92 Å². The van der Waals surface area contributed by atoms with Crippen molar-refractivity contribution >= 4 is 5.91 Å². The van der Waals surface area contributed by atoms with Gasteiger partial charge < -0.3 is 10.1 Å². The number of carbonyl (C=O) groups is 1. The first-order valence-electron chi connectivity index (χ1n) is 7.28. The van der Waals surface area contributed by atoms with Gasteiger partial charge in [-0.15, -0.1) is 0 Å². The molecule has 2 aromatic rings. The van der Waals surface area contributed by atoms with Gasteiger partial charge in [-0.25, -0.2) is 0 Å². The molecule has 1 N–H and O–H groups in total. The summed E-state index contributed by atoms with van der Waals surface area (Å²) in [5.74, 6) is 1.46. The van der Waals surface area contributed by atoms with Gasteiger partial charge in [0.1, 0.15) is 5.75 Å². The van der Waals surface area contributed by atoms with E-state index in [2.05, 4.69) is 17.4 Å². The molecule has 0 aromatic heterocycles. The van der Waals surface area contributed by atoms with Crippen LogP contribution in [0.5, 0.6) is 5.75 Å². The third-order valence-corrected chi connectivity index (χ3v) is 3.92. The van der Waals surface area contributed by atoms with E-state index >= 15 is 0 Å². The molecule has 0 bridgehead atoms. The van der Waals surface area contributed by atoms with Crippen molar-refractivity contribution in [3.63, 3.8) is 0 Å². The first-order chi connectivity index (χ1) is 10.3. The number of ether oxygens (including phenoxy) is 1. The number of fused-ring (bicyclic) bond motifs is 1. The minimum absolute atomic E-state index is 0.0449. The predicted octanol–water partition coefficient (Wildman–Crippen LogP) is 2.84. The molecule has 1 aliphatic rings. The molecule has 0 aliphatic carbocycles. The Hall–Kier alpha value is -2.29. The molecule has 1 amide bonds. The maximum absolute atomic E-state index is 11.5. The number of amides is 1. The molecule has 0 radical (unpaired) electrons. The SMILES string of the molecule is CNC(=O)c1ccc(C[C@H]2COc3ccccc3C2)cc1. The van der Waals surface area contributed by atoms with Gasteiger partial charge in [-0.1, -0.05) is 30.3 Å². The van der Waals surface area contributed by atoms with Crippen molar-refractivity contribution in [2.75, 3.05) is 13.7 Å². The molecule has 0 saturated carbocycles. The summed E-state index contributed by atoms with van der Waals surface area (Å²) in [6.07, 6.45) is 2.02. The van der Waals surface area contributed by atoms with Crippen molar-refractivity contribution in [3.8, 4) is 5.75 Å². The van der Waals surface area contributed by atoms with Gasteiger partial charge in [-0.05, 0) is 42.2 Å². The van der Waals surface area contributed by atoms with E-state index in [9.17, 15) is 4.79 Å². The summed E-state index contributed by atoms with van der Waals surface area (Å²) in [7, 11) is 1.65. The number of benzene rings is 2. The summed E-state index contributed by atoms with van der Waals surface area (Å²) in [5, 5.41) is 2.63. The molecule has 1 aliphatic heterocycles. The highest BCUT2D eigenvalue weighted by Crippen LogP contribution is 2.28. The van der Waals surface area contributed by atoms with Gasteiger partial charge in [-0.2, -0.15) is 0 Å². The molecule has 1 heterocycles. The standard InChI is InChI=1S/C18H19NO2/c1-19-18(20)15-8-6-13(7-9-15)10-14-11-16-4-2-3-5-17(16)21-12-14/h2-9,14H,10-12H2,1H3,(H,19,20)/t14-/m1/s1. The number of para-hydroxylation sites is 1. The van der Waals surface area contributed by atoms with E-state index in [4.69, 9.17) is 4.74 Å². The number of hydrogen-bond donors (Lipinski definition) is 1. The van der Waals surface area contributed by atoms with Gasteiger partial charge in [0.15, 0.2) is 0 Å². The lowest BCUT2D eigenvalue weighted by Gasteiger charge is -2.25. The smallest absolute Gasteiger partial charge is 0.251 e. The van der Waals surface area contributed by atoms with Gasteiger partial charge >= 0.3 is 0 Å². The minimum Gasteiger partial charge on any atom is -0.493 e. The van der Waals surface area contributed by atoms with Crippen LogP contribution in [0.2, 0.25) is 0 Å². The molecule has 0 spiro atoms. The summed E-state index contributed by atoms with van der Waals surface area (Å²) < 4.78 is 5.82. The average Bonchev–Trinajstić information content (AvgIpc) is 2.55. The summed E-state index contributed by atoms with van der Waals surface area (Å²) in [6, 6.07) is 16.1. The Morgan fingerprint density at radius 2 is 1.95 bits per heavy atom. The molecule has 0 saturated heterocycles. The number of hydrogen-bond acceptors (Lipinski definition) is 2. The van der Waals surface area contributed by atoms with Crippen LogP contribution in [0.1, 0.15) is 21.5 Å². The van der Waals surface area contributed by atoms with Gasteiger partial charge in [0.25, 0.3) is 5.91 Å². The number of carbonyl (C=O) groups excluding carboxylic acids is 1. The zero-order valence-electron chi connectivity index (χ0n) is 12.1. The molecule has 3 rings (SSSR count). The first-order valence-corrected chi connectivity index (χ1v) is 7.28. The lowest BCUT2D eigenvalue weighted by atomic mass is 9.91. The van der Waals surface area contributed by atoms with Crippen LogP contribution in [-0.2, 0) is 12.8 Å². The molecule has 1 atom stereocenters. The molecule has 108 valence electrons. The van der Waals surface area contributed by atoms with Crippen LogP contribution in [0.15, 0.2) is 48.5 Å². The lowest BCUT2D eigenvalue weighted by Crippen LogP contribution is -2.22. The Bertz CT molecular complexity index is 634. The highest BCUT2D eigenvalue weighted by atomic mass is 16.5. The van der Waals surface area contributed by atoms with Crippen molar-refractivity contribution in [2.45, 2.75) is 12.8 Å². The Morgan fingerprint density at radius 1 is 1.19 bits per heavy atom.